The Morgan fingerprint density at radius 1 is 0.959 bits per heavy atom. The second-order valence-corrected chi connectivity index (χ2v) is 24.0. The van der Waals surface area contributed by atoms with Crippen LogP contribution in [-0.2, 0) is 24.4 Å². The first kappa shape index (κ1) is 50.9. The number of amides is 4. The number of anilines is 2. The van der Waals surface area contributed by atoms with Crippen molar-refractivity contribution in [2.45, 2.75) is 120 Å². The normalized spacial score (nSPS) is 24.5. The minimum absolute atomic E-state index is 0.0242. The van der Waals surface area contributed by atoms with Crippen LogP contribution in [0.1, 0.15) is 106 Å². The molecule has 2 aromatic carbocycles. The third-order valence-corrected chi connectivity index (χ3v) is 18.5. The quantitative estimate of drug-likeness (QED) is 0.105. The predicted octanol–water partition coefficient (Wildman–Crippen LogP) is 7.38. The number of rotatable bonds is 12. The molecular formula is C55H65N9O8S2. The van der Waals surface area contributed by atoms with E-state index in [0.717, 1.165) is 29.9 Å². The first-order valence-electron chi connectivity index (χ1n) is 25.8. The summed E-state index contributed by atoms with van der Waals surface area (Å²) in [7, 11) is -2.42. The second kappa shape index (κ2) is 20.6. The summed E-state index contributed by atoms with van der Waals surface area (Å²) in [5, 5.41) is 9.95. The lowest BCUT2D eigenvalue weighted by molar-refractivity contribution is -0.140. The maximum atomic E-state index is 15.4. The molecular weight excluding hydrogens is 979 g/mol. The molecule has 4 amide bonds. The Labute approximate surface area is 436 Å². The standard InChI is InChI=1S/C55H65N9O8S2/c1-34(2)43-33-73-50(59-43)42-30-46(40-19-20-45(71-5)35(3)48(40)58-42)72-39-29-44-49(65)60-55(53(68)61-74(69,70)54(4)21-22-54)31-37(55)15-9-7-6-8-10-17-41(52(67)64(44)32-39)57-38-16-13-14-36(28-38)51(66)63-26-24-62(25-27-63)47-18-11-12-23-56-47/h9,11-16,18-20,23,28,30,33-34,37,39,41,44,57H,6-8,10,17,21-22,24-27,29,31-32H2,1-5H3,(H,60,65)(H,61,68)/b15-9-/t37-,39-,41+,44+,55-/m1/s1. The maximum Gasteiger partial charge on any atom is 0.259 e. The van der Waals surface area contributed by atoms with Crippen LogP contribution in [-0.4, -0.2) is 125 Å². The molecule has 0 spiro atoms. The molecule has 5 atom stereocenters. The number of aryl methyl sites for hydroxylation is 1. The van der Waals surface area contributed by atoms with Gasteiger partial charge in [0.05, 0.1) is 29.6 Å². The van der Waals surface area contributed by atoms with E-state index in [4.69, 9.17) is 19.4 Å². The summed E-state index contributed by atoms with van der Waals surface area (Å²) < 4.78 is 40.9. The fraction of sp³-hybridized carbons (Fsp3) is 0.473. The molecule has 0 bridgehead atoms. The summed E-state index contributed by atoms with van der Waals surface area (Å²) in [6.45, 7) is 10.1. The summed E-state index contributed by atoms with van der Waals surface area (Å²) in [5.74, 6) is -0.0383. The van der Waals surface area contributed by atoms with E-state index >= 15 is 9.59 Å². The SMILES string of the molecule is COc1ccc2c(O[C@@H]3C[C@H]4C(=O)N[C@]5(C(=O)NS(=O)(=O)C6(C)CC6)C[C@H]5/C=C\CCCCC[C@H](Nc5cccc(C(=O)N6CCN(c7ccccn7)CC6)c5)C(=O)N4C3)cc(-c3nc(C(C)C)cs3)nc2c1C. The summed E-state index contributed by atoms with van der Waals surface area (Å²) in [6, 6.07) is 16.7. The zero-order valence-corrected chi connectivity index (χ0v) is 44.3. The highest BCUT2D eigenvalue weighted by Crippen LogP contribution is 2.48. The molecule has 10 rings (SSSR count). The predicted molar refractivity (Wildman–Crippen MR) is 285 cm³/mol. The van der Waals surface area contributed by atoms with Crippen LogP contribution < -0.4 is 29.7 Å². The van der Waals surface area contributed by atoms with Crippen LogP contribution in [0.4, 0.5) is 11.5 Å². The van der Waals surface area contributed by atoms with Crippen molar-refractivity contribution in [2.24, 2.45) is 5.92 Å². The van der Waals surface area contributed by atoms with Gasteiger partial charge in [-0.05, 0) is 101 Å². The number of ether oxygens (including phenoxy) is 2. The van der Waals surface area contributed by atoms with E-state index in [2.05, 4.69) is 39.1 Å². The van der Waals surface area contributed by atoms with Gasteiger partial charge in [0.15, 0.2) is 0 Å². The van der Waals surface area contributed by atoms with Crippen LogP contribution in [0.3, 0.4) is 0 Å². The number of carbonyl (C=O) groups is 4. The van der Waals surface area contributed by atoms with E-state index in [9.17, 15) is 18.0 Å². The molecule has 5 aromatic rings. The molecule has 390 valence electrons. The number of fused-ring (bicyclic) bond motifs is 3. The van der Waals surface area contributed by atoms with Gasteiger partial charge in [0.1, 0.15) is 51.7 Å². The zero-order chi connectivity index (χ0) is 51.9. The smallest absolute Gasteiger partial charge is 0.259 e. The number of methoxy groups -OCH3 is 1. The van der Waals surface area contributed by atoms with Gasteiger partial charge in [-0.3, -0.25) is 23.9 Å². The molecule has 17 nitrogen and oxygen atoms in total. The van der Waals surface area contributed by atoms with Gasteiger partial charge in [0.25, 0.3) is 11.8 Å². The average molecular weight is 1040 g/mol. The molecule has 3 aliphatic heterocycles. The van der Waals surface area contributed by atoms with Gasteiger partial charge in [-0.2, -0.15) is 0 Å². The number of carbonyl (C=O) groups excluding carboxylic acids is 4. The van der Waals surface area contributed by atoms with Gasteiger partial charge in [0.2, 0.25) is 21.8 Å². The highest BCUT2D eigenvalue weighted by atomic mass is 32.2. The van der Waals surface area contributed by atoms with Crippen molar-refractivity contribution >= 4 is 67.4 Å². The molecule has 19 heteroatoms. The van der Waals surface area contributed by atoms with E-state index in [0.29, 0.717) is 103 Å². The second-order valence-electron chi connectivity index (χ2n) is 21.0. The minimum Gasteiger partial charge on any atom is -0.496 e. The molecule has 5 aliphatic rings. The molecule has 6 heterocycles. The van der Waals surface area contributed by atoms with Crippen molar-refractivity contribution in [3.05, 3.63) is 101 Å². The van der Waals surface area contributed by atoms with Gasteiger partial charge in [0, 0.05) is 78.4 Å². The molecule has 4 fully saturated rings. The number of thiazole rings is 1. The number of nitrogens with one attached hydrogen (secondary N) is 3. The number of pyridine rings is 2. The van der Waals surface area contributed by atoms with Gasteiger partial charge >= 0.3 is 0 Å². The Hall–Kier alpha value is -6.60. The Balaban J connectivity index is 0.960. The average Bonchev–Trinajstić information content (AvgIpc) is 4.18. The lowest BCUT2D eigenvalue weighted by Crippen LogP contribution is -2.58. The first-order chi connectivity index (χ1) is 35.6. The van der Waals surface area contributed by atoms with Crippen molar-refractivity contribution in [3.63, 3.8) is 0 Å². The molecule has 0 radical (unpaired) electrons. The fourth-order valence-electron chi connectivity index (χ4n) is 10.4. The number of hydrogen-bond acceptors (Lipinski definition) is 14. The summed E-state index contributed by atoms with van der Waals surface area (Å²) in [5.41, 5.74) is 2.55. The molecule has 2 saturated heterocycles. The van der Waals surface area contributed by atoms with Crippen molar-refractivity contribution in [1.82, 2.24) is 34.8 Å². The van der Waals surface area contributed by atoms with E-state index < -0.39 is 56.2 Å². The molecule has 0 unspecified atom stereocenters. The van der Waals surface area contributed by atoms with Crippen LogP contribution >= 0.6 is 11.3 Å². The Morgan fingerprint density at radius 2 is 1.77 bits per heavy atom. The van der Waals surface area contributed by atoms with Crippen LogP contribution in [0.2, 0.25) is 0 Å². The molecule has 2 aliphatic carbocycles. The Morgan fingerprint density at radius 3 is 2.50 bits per heavy atom. The highest BCUT2D eigenvalue weighted by Gasteiger charge is 2.63. The van der Waals surface area contributed by atoms with Crippen molar-refractivity contribution in [1.29, 1.82) is 0 Å². The molecule has 74 heavy (non-hydrogen) atoms. The number of hydrogen-bond donors (Lipinski definition) is 3. The van der Waals surface area contributed by atoms with Gasteiger partial charge in [-0.15, -0.1) is 11.3 Å². The summed E-state index contributed by atoms with van der Waals surface area (Å²) in [4.78, 5) is 78.7. The molecule has 3 aromatic heterocycles. The lowest BCUT2D eigenvalue weighted by Gasteiger charge is -2.35. The largest absolute Gasteiger partial charge is 0.496 e. The Bertz CT molecular complexity index is 3100. The highest BCUT2D eigenvalue weighted by molar-refractivity contribution is 7.91. The number of sulfonamides is 1. The maximum absolute atomic E-state index is 15.4. The van der Waals surface area contributed by atoms with E-state index in [1.165, 1.54) is 11.3 Å². The van der Waals surface area contributed by atoms with E-state index in [1.807, 2.05) is 71.8 Å². The van der Waals surface area contributed by atoms with E-state index in [-0.39, 0.29) is 37.1 Å². The summed E-state index contributed by atoms with van der Waals surface area (Å²) in [6.07, 6.45) is 9.56. The summed E-state index contributed by atoms with van der Waals surface area (Å²) >= 11 is 1.49. The Kier molecular flexibility index (Phi) is 14.2. The topological polar surface area (TPSA) is 205 Å². The number of piperazine rings is 1. The number of benzene rings is 2. The van der Waals surface area contributed by atoms with E-state index in [1.54, 1.807) is 43.3 Å². The molecule has 3 N–H and O–H groups in total. The number of allylic oxidation sites excluding steroid dienone is 1. The zero-order valence-electron chi connectivity index (χ0n) is 42.6. The van der Waals surface area contributed by atoms with Crippen molar-refractivity contribution in [3.8, 4) is 22.2 Å². The lowest BCUT2D eigenvalue weighted by atomic mass is 10.0. The number of aromatic nitrogens is 3. The van der Waals surface area contributed by atoms with Gasteiger partial charge in [-0.1, -0.05) is 51.0 Å². The third-order valence-electron chi connectivity index (χ3n) is 15.5. The van der Waals surface area contributed by atoms with Gasteiger partial charge < -0.3 is 34.8 Å². The van der Waals surface area contributed by atoms with Crippen LogP contribution in [0.25, 0.3) is 21.6 Å². The van der Waals surface area contributed by atoms with Crippen molar-refractivity contribution < 1.29 is 37.1 Å². The van der Waals surface area contributed by atoms with Crippen molar-refractivity contribution in [2.75, 3.05) is 50.1 Å². The minimum atomic E-state index is -4.03. The monoisotopic (exact) mass is 1040 g/mol. The van der Waals surface area contributed by atoms with Crippen LogP contribution in [0.5, 0.6) is 11.5 Å². The fourth-order valence-corrected chi connectivity index (χ4v) is 12.7. The van der Waals surface area contributed by atoms with Gasteiger partial charge in [-0.25, -0.2) is 23.4 Å². The first-order valence-corrected chi connectivity index (χ1v) is 28.2. The molecule has 2 saturated carbocycles. The van der Waals surface area contributed by atoms with Crippen LogP contribution in [0.15, 0.2) is 84.4 Å². The third kappa shape index (κ3) is 10.3. The number of nitrogens with zero attached hydrogens (tertiary/aromatic N) is 6. The van der Waals surface area contributed by atoms with Crippen LogP contribution in [0, 0.1) is 12.8 Å².